The smallest absolute Gasteiger partial charge is 0.123 e. The molecule has 0 heterocycles. The molecular weight excluding hydrogens is 229 g/mol. The maximum Gasteiger partial charge on any atom is 0.123 e. The van der Waals surface area contributed by atoms with E-state index in [1.54, 1.807) is 12.1 Å². The lowest BCUT2D eigenvalue weighted by atomic mass is 10.0. The van der Waals surface area contributed by atoms with Crippen molar-refractivity contribution in [3.8, 4) is 0 Å². The van der Waals surface area contributed by atoms with Crippen LogP contribution in [0.2, 0.25) is 0 Å². The number of ether oxygens (including phenoxy) is 1. The van der Waals surface area contributed by atoms with E-state index in [2.05, 4.69) is 12.2 Å². The van der Waals surface area contributed by atoms with Gasteiger partial charge in [0.1, 0.15) is 5.82 Å². The summed E-state index contributed by atoms with van der Waals surface area (Å²) in [5.74, 6) is -0.183. The van der Waals surface area contributed by atoms with E-state index < -0.39 is 0 Å². The lowest BCUT2D eigenvalue weighted by molar-refractivity contribution is 0.0611. The van der Waals surface area contributed by atoms with Gasteiger partial charge in [-0.3, -0.25) is 0 Å². The Hall–Kier alpha value is -0.930. The molecule has 2 nitrogen and oxygen atoms in total. The van der Waals surface area contributed by atoms with Crippen LogP contribution in [0, 0.1) is 12.7 Å². The van der Waals surface area contributed by atoms with Crippen molar-refractivity contribution in [1.29, 1.82) is 0 Å². The van der Waals surface area contributed by atoms with Gasteiger partial charge in [0.15, 0.2) is 0 Å². The summed E-state index contributed by atoms with van der Waals surface area (Å²) in [4.78, 5) is 0. The Bertz CT molecular complexity index is 345. The topological polar surface area (TPSA) is 21.3 Å². The first-order valence-electron chi connectivity index (χ1n) is 6.65. The summed E-state index contributed by atoms with van der Waals surface area (Å²) >= 11 is 0. The van der Waals surface area contributed by atoms with Crippen LogP contribution in [0.1, 0.15) is 44.4 Å². The fourth-order valence-electron chi connectivity index (χ4n) is 1.85. The molecule has 1 unspecified atom stereocenters. The molecule has 3 heteroatoms. The number of halogens is 1. The van der Waals surface area contributed by atoms with Crippen LogP contribution in [0.15, 0.2) is 18.2 Å². The number of aryl methyl sites for hydroxylation is 1. The molecule has 1 atom stereocenters. The molecule has 0 radical (unpaired) electrons. The predicted octanol–water partition coefficient (Wildman–Crippen LogP) is 3.60. The minimum atomic E-state index is -0.183. The first-order valence-corrected chi connectivity index (χ1v) is 6.65. The Morgan fingerprint density at radius 3 is 2.56 bits per heavy atom. The van der Waals surface area contributed by atoms with Crippen molar-refractivity contribution in [2.45, 2.75) is 46.3 Å². The van der Waals surface area contributed by atoms with E-state index in [0.717, 1.165) is 24.1 Å². The predicted molar refractivity (Wildman–Crippen MR) is 73.3 cm³/mol. The quantitative estimate of drug-likeness (QED) is 0.801. The minimum absolute atomic E-state index is 0.0572. The monoisotopic (exact) mass is 253 g/mol. The molecule has 102 valence electrons. The van der Waals surface area contributed by atoms with Gasteiger partial charge in [-0.05, 0) is 57.0 Å². The average molecular weight is 253 g/mol. The molecule has 0 aromatic heterocycles. The van der Waals surface area contributed by atoms with Crippen LogP contribution in [-0.4, -0.2) is 19.3 Å². The first kappa shape index (κ1) is 15.1. The SMILES string of the molecule is CCCNC(COC(C)C)c1cc(C)cc(F)c1. The van der Waals surface area contributed by atoms with Gasteiger partial charge in [-0.1, -0.05) is 13.0 Å². The largest absolute Gasteiger partial charge is 0.377 e. The molecule has 18 heavy (non-hydrogen) atoms. The van der Waals surface area contributed by atoms with Gasteiger partial charge in [-0.15, -0.1) is 0 Å². The molecule has 1 aromatic carbocycles. The number of hydrogen-bond acceptors (Lipinski definition) is 2. The van der Waals surface area contributed by atoms with E-state index in [4.69, 9.17) is 4.74 Å². The second-order valence-electron chi connectivity index (χ2n) is 4.95. The number of benzene rings is 1. The van der Waals surface area contributed by atoms with E-state index in [9.17, 15) is 4.39 Å². The molecule has 1 N–H and O–H groups in total. The molecule has 0 aliphatic heterocycles. The molecule has 0 bridgehead atoms. The van der Waals surface area contributed by atoms with Crippen molar-refractivity contribution >= 4 is 0 Å². The molecule has 0 spiro atoms. The van der Waals surface area contributed by atoms with Crippen LogP contribution >= 0.6 is 0 Å². The fraction of sp³-hybridized carbons (Fsp3) is 0.600. The van der Waals surface area contributed by atoms with E-state index >= 15 is 0 Å². The summed E-state index contributed by atoms with van der Waals surface area (Å²) in [5, 5.41) is 3.40. The van der Waals surface area contributed by atoms with Crippen LogP contribution < -0.4 is 5.32 Å². The fourth-order valence-corrected chi connectivity index (χ4v) is 1.85. The highest BCUT2D eigenvalue weighted by Gasteiger charge is 2.13. The van der Waals surface area contributed by atoms with E-state index in [0.29, 0.717) is 6.61 Å². The van der Waals surface area contributed by atoms with Crippen molar-refractivity contribution in [2.75, 3.05) is 13.2 Å². The van der Waals surface area contributed by atoms with Gasteiger partial charge in [-0.2, -0.15) is 0 Å². The summed E-state index contributed by atoms with van der Waals surface area (Å²) < 4.78 is 19.1. The average Bonchev–Trinajstić information content (AvgIpc) is 2.27. The van der Waals surface area contributed by atoms with Crippen molar-refractivity contribution in [3.05, 3.63) is 35.1 Å². The third-order valence-corrected chi connectivity index (χ3v) is 2.70. The van der Waals surface area contributed by atoms with Crippen LogP contribution in [0.5, 0.6) is 0 Å². The highest BCUT2D eigenvalue weighted by atomic mass is 19.1. The normalized spacial score (nSPS) is 13.0. The lowest BCUT2D eigenvalue weighted by Crippen LogP contribution is -2.27. The van der Waals surface area contributed by atoms with E-state index in [-0.39, 0.29) is 18.0 Å². The van der Waals surface area contributed by atoms with Crippen LogP contribution in [0.25, 0.3) is 0 Å². The van der Waals surface area contributed by atoms with E-state index in [1.165, 1.54) is 0 Å². The van der Waals surface area contributed by atoms with Crippen molar-refractivity contribution < 1.29 is 9.13 Å². The van der Waals surface area contributed by atoms with Gasteiger partial charge < -0.3 is 10.1 Å². The molecule has 0 saturated carbocycles. The summed E-state index contributed by atoms with van der Waals surface area (Å²) in [6.07, 6.45) is 1.23. The van der Waals surface area contributed by atoms with Gasteiger partial charge >= 0.3 is 0 Å². The van der Waals surface area contributed by atoms with Gasteiger partial charge in [0.2, 0.25) is 0 Å². The van der Waals surface area contributed by atoms with Crippen LogP contribution in [0.4, 0.5) is 4.39 Å². The Labute approximate surface area is 110 Å². The molecule has 0 fully saturated rings. The minimum Gasteiger partial charge on any atom is -0.377 e. The summed E-state index contributed by atoms with van der Waals surface area (Å²) in [6.45, 7) is 9.51. The number of nitrogens with one attached hydrogen (secondary N) is 1. The van der Waals surface area contributed by atoms with Gasteiger partial charge in [0.25, 0.3) is 0 Å². The second kappa shape index (κ2) is 7.49. The summed E-state index contributed by atoms with van der Waals surface area (Å²) in [6, 6.07) is 5.20. The molecule has 0 aliphatic rings. The van der Waals surface area contributed by atoms with Gasteiger partial charge in [0, 0.05) is 0 Å². The number of rotatable bonds is 7. The highest BCUT2D eigenvalue weighted by molar-refractivity contribution is 5.26. The molecule has 1 aromatic rings. The third kappa shape index (κ3) is 5.15. The zero-order valence-electron chi connectivity index (χ0n) is 11.8. The van der Waals surface area contributed by atoms with Gasteiger partial charge in [0.05, 0.1) is 18.8 Å². The molecule has 0 aliphatic carbocycles. The maximum absolute atomic E-state index is 13.4. The molecule has 0 amide bonds. The molecular formula is C15H24FNO. The zero-order valence-corrected chi connectivity index (χ0v) is 11.8. The molecule has 0 saturated heterocycles. The Morgan fingerprint density at radius 1 is 1.28 bits per heavy atom. The van der Waals surface area contributed by atoms with Gasteiger partial charge in [-0.25, -0.2) is 4.39 Å². The summed E-state index contributed by atoms with van der Waals surface area (Å²) in [7, 11) is 0. The maximum atomic E-state index is 13.4. The third-order valence-electron chi connectivity index (χ3n) is 2.70. The van der Waals surface area contributed by atoms with Crippen molar-refractivity contribution in [2.24, 2.45) is 0 Å². The Morgan fingerprint density at radius 2 is 2.00 bits per heavy atom. The van der Waals surface area contributed by atoms with Crippen LogP contribution in [0.3, 0.4) is 0 Å². The standard InChI is InChI=1S/C15H24FNO/c1-5-6-17-15(10-18-11(2)3)13-7-12(4)8-14(16)9-13/h7-9,11,15,17H,5-6,10H2,1-4H3. The Kier molecular flexibility index (Phi) is 6.30. The second-order valence-corrected chi connectivity index (χ2v) is 4.95. The van der Waals surface area contributed by atoms with Crippen molar-refractivity contribution in [3.63, 3.8) is 0 Å². The highest BCUT2D eigenvalue weighted by Crippen LogP contribution is 2.17. The Balaban J connectivity index is 2.79. The zero-order chi connectivity index (χ0) is 13.5. The molecule has 1 rings (SSSR count). The van der Waals surface area contributed by atoms with Crippen molar-refractivity contribution in [1.82, 2.24) is 5.32 Å². The summed E-state index contributed by atoms with van der Waals surface area (Å²) in [5.41, 5.74) is 1.90. The lowest BCUT2D eigenvalue weighted by Gasteiger charge is -2.21. The first-order chi connectivity index (χ1) is 8.52. The number of hydrogen-bond donors (Lipinski definition) is 1. The van der Waals surface area contributed by atoms with Crippen LogP contribution in [-0.2, 0) is 4.74 Å². The van der Waals surface area contributed by atoms with E-state index in [1.807, 2.05) is 26.8 Å².